The Hall–Kier alpha value is -2.31. The summed E-state index contributed by atoms with van der Waals surface area (Å²) in [6.45, 7) is 6.18. The first-order chi connectivity index (χ1) is 14.0. The molecule has 2 aliphatic heterocycles. The third-order valence-corrected chi connectivity index (χ3v) is 6.18. The number of aryl methyl sites for hydroxylation is 1. The highest BCUT2D eigenvalue weighted by atomic mass is 35.5. The molecule has 7 heteroatoms. The van der Waals surface area contributed by atoms with Crippen molar-refractivity contribution < 1.29 is 9.59 Å². The van der Waals surface area contributed by atoms with Crippen LogP contribution in [-0.4, -0.2) is 71.9 Å². The maximum atomic E-state index is 12.8. The van der Waals surface area contributed by atoms with E-state index in [4.69, 9.17) is 11.6 Å². The average Bonchev–Trinajstić information content (AvgIpc) is 3.07. The van der Waals surface area contributed by atoms with Gasteiger partial charge >= 0.3 is 0 Å². The third kappa shape index (κ3) is 4.33. The zero-order valence-corrected chi connectivity index (χ0v) is 17.6. The molecule has 29 heavy (non-hydrogen) atoms. The zero-order chi connectivity index (χ0) is 20.4. The van der Waals surface area contributed by atoms with E-state index in [2.05, 4.69) is 21.9 Å². The van der Waals surface area contributed by atoms with Crippen LogP contribution in [0.5, 0.6) is 0 Å². The van der Waals surface area contributed by atoms with E-state index in [-0.39, 0.29) is 11.7 Å². The zero-order valence-electron chi connectivity index (χ0n) is 16.8. The molecule has 2 aromatic rings. The lowest BCUT2D eigenvalue weighted by Crippen LogP contribution is -2.47. The molecule has 3 heterocycles. The fourth-order valence-electron chi connectivity index (χ4n) is 4.26. The van der Waals surface area contributed by atoms with Gasteiger partial charge in [-0.25, -0.2) is 0 Å². The molecular formula is C22H27ClN4O2. The largest absolute Gasteiger partial charge is 0.369 e. The van der Waals surface area contributed by atoms with Gasteiger partial charge < -0.3 is 14.4 Å². The van der Waals surface area contributed by atoms with Crippen molar-refractivity contribution in [2.24, 2.45) is 7.05 Å². The van der Waals surface area contributed by atoms with Gasteiger partial charge in [-0.1, -0.05) is 11.6 Å². The van der Waals surface area contributed by atoms with Crippen LogP contribution in [0.3, 0.4) is 0 Å². The molecule has 0 radical (unpaired) electrons. The molecule has 4 rings (SSSR count). The Morgan fingerprint density at radius 3 is 2.38 bits per heavy atom. The van der Waals surface area contributed by atoms with E-state index in [0.29, 0.717) is 30.8 Å². The summed E-state index contributed by atoms with van der Waals surface area (Å²) in [5.74, 6) is 0.0423. The molecule has 0 N–H and O–H groups in total. The number of amides is 1. The number of halogens is 1. The topological polar surface area (TPSA) is 48.8 Å². The minimum atomic E-state index is -0.0148. The molecule has 0 spiro atoms. The number of hydrogen-bond donors (Lipinski definition) is 0. The van der Waals surface area contributed by atoms with Crippen LogP contribution in [0.15, 0.2) is 36.5 Å². The Morgan fingerprint density at radius 1 is 0.931 bits per heavy atom. The smallest absolute Gasteiger partial charge is 0.256 e. The molecule has 0 atom stereocenters. The SMILES string of the molecule is Cn1ccc2c1C(=O)CCN(CCCN1CCN(c3ccc(Cl)cc3)CC1)C2=O. The van der Waals surface area contributed by atoms with E-state index in [0.717, 1.165) is 44.2 Å². The summed E-state index contributed by atoms with van der Waals surface area (Å²) in [7, 11) is 1.82. The number of nitrogens with zero attached hydrogens (tertiary/aromatic N) is 4. The lowest BCUT2D eigenvalue weighted by Gasteiger charge is -2.36. The van der Waals surface area contributed by atoms with Crippen LogP contribution in [0.4, 0.5) is 5.69 Å². The Bertz CT molecular complexity index is 885. The van der Waals surface area contributed by atoms with E-state index < -0.39 is 0 Å². The number of rotatable bonds is 5. The summed E-state index contributed by atoms with van der Waals surface area (Å²) >= 11 is 5.98. The number of ketones is 1. The summed E-state index contributed by atoms with van der Waals surface area (Å²) in [6, 6.07) is 9.78. The third-order valence-electron chi connectivity index (χ3n) is 5.93. The number of hydrogen-bond acceptors (Lipinski definition) is 4. The fraction of sp³-hybridized carbons (Fsp3) is 0.455. The molecule has 0 aliphatic carbocycles. The van der Waals surface area contributed by atoms with Crippen LogP contribution in [0.2, 0.25) is 5.02 Å². The van der Waals surface area contributed by atoms with Crippen molar-refractivity contribution in [2.75, 3.05) is 50.7 Å². The van der Waals surface area contributed by atoms with Gasteiger partial charge in [-0.2, -0.15) is 0 Å². The fourth-order valence-corrected chi connectivity index (χ4v) is 4.38. The van der Waals surface area contributed by atoms with Gasteiger partial charge in [0.15, 0.2) is 5.78 Å². The van der Waals surface area contributed by atoms with Crippen LogP contribution in [0, 0.1) is 0 Å². The molecule has 154 valence electrons. The second kappa shape index (κ2) is 8.59. The van der Waals surface area contributed by atoms with Crippen LogP contribution in [0.1, 0.15) is 33.7 Å². The molecule has 0 saturated carbocycles. The number of anilines is 1. The summed E-state index contributed by atoms with van der Waals surface area (Å²) in [5.41, 5.74) is 2.31. The number of carbonyl (C=O) groups is 2. The Morgan fingerprint density at radius 2 is 1.66 bits per heavy atom. The Kier molecular flexibility index (Phi) is 5.92. The molecule has 1 aromatic heterocycles. The van der Waals surface area contributed by atoms with Crippen molar-refractivity contribution in [1.29, 1.82) is 0 Å². The molecule has 1 aromatic carbocycles. The average molecular weight is 415 g/mol. The number of carbonyl (C=O) groups excluding carboxylic acids is 2. The van der Waals surface area contributed by atoms with Gasteiger partial charge in [0.05, 0.1) is 11.3 Å². The summed E-state index contributed by atoms with van der Waals surface area (Å²) in [4.78, 5) is 31.9. The van der Waals surface area contributed by atoms with Gasteiger partial charge in [-0.3, -0.25) is 14.5 Å². The number of fused-ring (bicyclic) bond motifs is 1. The molecule has 1 amide bonds. The van der Waals surface area contributed by atoms with Gasteiger partial charge in [0.2, 0.25) is 0 Å². The predicted octanol–water partition coefficient (Wildman–Crippen LogP) is 2.92. The number of piperazine rings is 1. The van der Waals surface area contributed by atoms with Crippen molar-refractivity contribution in [3.63, 3.8) is 0 Å². The number of benzene rings is 1. The maximum absolute atomic E-state index is 12.8. The Balaban J connectivity index is 1.26. The van der Waals surface area contributed by atoms with Gasteiger partial charge in [-0.05, 0) is 43.3 Å². The van der Waals surface area contributed by atoms with Crippen LogP contribution in [0.25, 0.3) is 0 Å². The van der Waals surface area contributed by atoms with Crippen molar-refractivity contribution in [2.45, 2.75) is 12.8 Å². The second-order valence-electron chi connectivity index (χ2n) is 7.81. The van der Waals surface area contributed by atoms with E-state index >= 15 is 0 Å². The predicted molar refractivity (Wildman–Crippen MR) is 115 cm³/mol. The van der Waals surface area contributed by atoms with Gasteiger partial charge in [0.1, 0.15) is 0 Å². The van der Waals surface area contributed by atoms with E-state index in [1.165, 1.54) is 5.69 Å². The molecule has 0 bridgehead atoms. The summed E-state index contributed by atoms with van der Waals surface area (Å²) < 4.78 is 1.76. The van der Waals surface area contributed by atoms with Crippen LogP contribution < -0.4 is 4.90 Å². The Labute approximate surface area is 176 Å². The first kappa shape index (κ1) is 20.0. The standard InChI is InChI=1S/C22H27ClN4O2/c1-24-11-7-19-21(24)20(28)8-12-27(22(19)29)10-2-9-25-13-15-26(16-14-25)18-5-3-17(23)4-6-18/h3-7,11H,2,8-10,12-16H2,1H3. The monoisotopic (exact) mass is 414 g/mol. The van der Waals surface area contributed by atoms with E-state index in [9.17, 15) is 9.59 Å². The summed E-state index contributed by atoms with van der Waals surface area (Å²) in [6.07, 6.45) is 3.11. The van der Waals surface area contributed by atoms with E-state index in [1.54, 1.807) is 16.8 Å². The minimum absolute atomic E-state index is 0.0148. The quantitative estimate of drug-likeness (QED) is 0.754. The highest BCUT2D eigenvalue weighted by Crippen LogP contribution is 2.21. The van der Waals surface area contributed by atoms with Gasteiger partial charge in [0.25, 0.3) is 5.91 Å². The van der Waals surface area contributed by atoms with Crippen LogP contribution >= 0.6 is 11.6 Å². The first-order valence-corrected chi connectivity index (χ1v) is 10.6. The molecule has 0 unspecified atom stereocenters. The molecule has 1 fully saturated rings. The van der Waals surface area contributed by atoms with E-state index in [1.807, 2.05) is 24.1 Å². The van der Waals surface area contributed by atoms with Crippen molar-refractivity contribution in [1.82, 2.24) is 14.4 Å². The number of aromatic nitrogens is 1. The highest BCUT2D eigenvalue weighted by Gasteiger charge is 2.29. The minimum Gasteiger partial charge on any atom is -0.369 e. The lowest BCUT2D eigenvalue weighted by atomic mass is 10.1. The lowest BCUT2D eigenvalue weighted by molar-refractivity contribution is 0.0750. The van der Waals surface area contributed by atoms with Crippen molar-refractivity contribution in [3.05, 3.63) is 52.8 Å². The van der Waals surface area contributed by atoms with Crippen molar-refractivity contribution >= 4 is 29.0 Å². The van der Waals surface area contributed by atoms with Gasteiger partial charge in [-0.15, -0.1) is 0 Å². The molecule has 2 aliphatic rings. The molecular weight excluding hydrogens is 388 g/mol. The van der Waals surface area contributed by atoms with Crippen LogP contribution in [-0.2, 0) is 7.05 Å². The highest BCUT2D eigenvalue weighted by molar-refractivity contribution is 6.30. The summed E-state index contributed by atoms with van der Waals surface area (Å²) in [5, 5.41) is 0.764. The molecule has 6 nitrogen and oxygen atoms in total. The maximum Gasteiger partial charge on any atom is 0.256 e. The normalized spacial score (nSPS) is 18.1. The van der Waals surface area contributed by atoms with Crippen molar-refractivity contribution in [3.8, 4) is 0 Å². The molecule has 1 saturated heterocycles. The second-order valence-corrected chi connectivity index (χ2v) is 8.25. The first-order valence-electron chi connectivity index (χ1n) is 10.2. The van der Waals surface area contributed by atoms with Gasteiger partial charge in [0, 0.05) is 69.6 Å². The number of Topliss-reactive ketones (excluding diaryl/α,β-unsaturated/α-hetero) is 1.